The fourth-order valence-electron chi connectivity index (χ4n) is 2.63. The largest absolute Gasteiger partial charge is 0.292 e. The molecule has 2 unspecified atom stereocenters. The highest BCUT2D eigenvalue weighted by Gasteiger charge is 2.21. The minimum atomic E-state index is 0.515. The van der Waals surface area contributed by atoms with E-state index in [9.17, 15) is 0 Å². The molecule has 1 aliphatic rings. The Morgan fingerprint density at radius 3 is 3.11 bits per heavy atom. The van der Waals surface area contributed by atoms with Gasteiger partial charge in [-0.25, -0.2) is 15.8 Å². The number of nitrogen functional groups attached to an aromatic ring is 1. The van der Waals surface area contributed by atoms with Gasteiger partial charge in [0.1, 0.15) is 9.86 Å². The van der Waals surface area contributed by atoms with E-state index < -0.39 is 0 Å². The number of hydrazine groups is 1. The average molecular weight is 294 g/mol. The van der Waals surface area contributed by atoms with E-state index in [1.807, 2.05) is 11.8 Å². The smallest absolute Gasteiger partial charge is 0.239 e. The lowest BCUT2D eigenvalue weighted by atomic mass is 9.91. The van der Waals surface area contributed by atoms with Crippen molar-refractivity contribution in [2.45, 2.75) is 42.9 Å². The molecule has 3 N–H and O–H groups in total. The number of thiophene rings is 1. The van der Waals surface area contributed by atoms with Crippen LogP contribution >= 0.6 is 23.1 Å². The van der Waals surface area contributed by atoms with Crippen molar-refractivity contribution in [1.29, 1.82) is 0 Å². The van der Waals surface area contributed by atoms with Crippen LogP contribution in [0.3, 0.4) is 0 Å². The Labute approximate surface area is 121 Å². The Bertz CT molecular complexity index is 569. The molecule has 0 aromatic carbocycles. The van der Waals surface area contributed by atoms with Gasteiger partial charge in [0, 0.05) is 10.6 Å². The second-order valence-electron chi connectivity index (χ2n) is 5.15. The summed E-state index contributed by atoms with van der Waals surface area (Å²) in [7, 11) is 0. The van der Waals surface area contributed by atoms with E-state index in [4.69, 9.17) is 5.84 Å². The normalized spacial score (nSPS) is 23.7. The summed E-state index contributed by atoms with van der Waals surface area (Å²) in [5.41, 5.74) is 2.57. The third kappa shape index (κ3) is 2.85. The Morgan fingerprint density at radius 2 is 2.32 bits per heavy atom. The zero-order chi connectivity index (χ0) is 13.2. The van der Waals surface area contributed by atoms with Crippen molar-refractivity contribution in [3.8, 4) is 0 Å². The van der Waals surface area contributed by atoms with Crippen molar-refractivity contribution >= 4 is 39.3 Å². The van der Waals surface area contributed by atoms with Gasteiger partial charge >= 0.3 is 0 Å². The van der Waals surface area contributed by atoms with Gasteiger partial charge < -0.3 is 0 Å². The summed E-state index contributed by atoms with van der Waals surface area (Å²) < 4.78 is 0. The zero-order valence-electron chi connectivity index (χ0n) is 10.9. The van der Waals surface area contributed by atoms with Gasteiger partial charge in [0.25, 0.3) is 0 Å². The third-order valence-corrected chi connectivity index (χ3v) is 5.69. The van der Waals surface area contributed by atoms with Crippen LogP contribution in [-0.2, 0) is 0 Å². The summed E-state index contributed by atoms with van der Waals surface area (Å²) in [5, 5.41) is 4.96. The zero-order valence-corrected chi connectivity index (χ0v) is 12.6. The highest BCUT2D eigenvalue weighted by atomic mass is 32.2. The highest BCUT2D eigenvalue weighted by Crippen LogP contribution is 2.38. The first-order valence-electron chi connectivity index (χ1n) is 6.65. The number of thioether (sulfide) groups is 1. The number of nitrogens with two attached hydrogens (primary N) is 1. The van der Waals surface area contributed by atoms with E-state index in [1.165, 1.54) is 25.7 Å². The molecule has 4 nitrogen and oxygen atoms in total. The van der Waals surface area contributed by atoms with Crippen molar-refractivity contribution < 1.29 is 0 Å². The highest BCUT2D eigenvalue weighted by molar-refractivity contribution is 8.00. The van der Waals surface area contributed by atoms with Crippen LogP contribution in [0.2, 0.25) is 0 Å². The van der Waals surface area contributed by atoms with E-state index in [1.54, 1.807) is 11.3 Å². The van der Waals surface area contributed by atoms with Crippen LogP contribution in [0, 0.1) is 5.92 Å². The Hall–Kier alpha value is -0.850. The monoisotopic (exact) mass is 294 g/mol. The van der Waals surface area contributed by atoms with Gasteiger partial charge in [-0.05, 0) is 30.2 Å². The quantitative estimate of drug-likeness (QED) is 0.514. The molecule has 1 saturated carbocycles. The maximum absolute atomic E-state index is 5.45. The molecule has 6 heteroatoms. The van der Waals surface area contributed by atoms with Crippen LogP contribution < -0.4 is 11.3 Å². The van der Waals surface area contributed by atoms with E-state index >= 15 is 0 Å². The van der Waals surface area contributed by atoms with Gasteiger partial charge in [0.2, 0.25) is 5.95 Å². The second kappa shape index (κ2) is 5.64. The van der Waals surface area contributed by atoms with E-state index in [0.29, 0.717) is 11.2 Å². The summed E-state index contributed by atoms with van der Waals surface area (Å²) in [6, 6.07) is 2.11. The molecular formula is C13H18N4S2. The van der Waals surface area contributed by atoms with Crippen molar-refractivity contribution in [3.63, 3.8) is 0 Å². The molecule has 0 bridgehead atoms. The standard InChI is InChI=1S/C13H18N4S2/c1-8-3-2-4-9(7-8)19-12-10-5-6-18-11(10)15-13(16-12)17-14/h5-6,8-9H,2-4,7,14H2,1H3,(H,15,16,17). The minimum Gasteiger partial charge on any atom is -0.292 e. The number of fused-ring (bicyclic) bond motifs is 1. The maximum atomic E-state index is 5.45. The number of rotatable bonds is 3. The topological polar surface area (TPSA) is 63.8 Å². The van der Waals surface area contributed by atoms with Crippen molar-refractivity contribution in [3.05, 3.63) is 11.4 Å². The Balaban J connectivity index is 1.88. The Kier molecular flexibility index (Phi) is 3.91. The van der Waals surface area contributed by atoms with Gasteiger partial charge in [-0.1, -0.05) is 19.8 Å². The molecule has 2 aromatic heterocycles. The number of nitrogens with one attached hydrogen (secondary N) is 1. The molecule has 0 spiro atoms. The molecule has 19 heavy (non-hydrogen) atoms. The molecule has 2 heterocycles. The number of nitrogens with zero attached hydrogens (tertiary/aromatic N) is 2. The first kappa shape index (κ1) is 13.1. The predicted octanol–water partition coefficient (Wildman–Crippen LogP) is 3.65. The van der Waals surface area contributed by atoms with Gasteiger partial charge in [0.15, 0.2) is 0 Å². The summed E-state index contributed by atoms with van der Waals surface area (Å²) in [5.74, 6) is 6.80. The van der Waals surface area contributed by atoms with Gasteiger partial charge in [-0.15, -0.1) is 23.1 Å². The van der Waals surface area contributed by atoms with Gasteiger partial charge in [0.05, 0.1) is 0 Å². The number of anilines is 1. The van der Waals surface area contributed by atoms with Crippen LogP contribution in [0.4, 0.5) is 5.95 Å². The lowest BCUT2D eigenvalue weighted by Gasteiger charge is -2.26. The molecule has 2 atom stereocenters. The molecule has 3 rings (SSSR count). The van der Waals surface area contributed by atoms with Crippen molar-refractivity contribution in [2.75, 3.05) is 5.43 Å². The SMILES string of the molecule is CC1CCCC(Sc2nc(NN)nc3sccc23)C1. The molecule has 0 saturated heterocycles. The van der Waals surface area contributed by atoms with Crippen LogP contribution in [-0.4, -0.2) is 15.2 Å². The number of aromatic nitrogens is 2. The van der Waals surface area contributed by atoms with Gasteiger partial charge in [-0.3, -0.25) is 5.43 Å². The van der Waals surface area contributed by atoms with E-state index in [-0.39, 0.29) is 0 Å². The summed E-state index contributed by atoms with van der Waals surface area (Å²) in [6.45, 7) is 2.35. The first-order valence-corrected chi connectivity index (χ1v) is 8.40. The lowest BCUT2D eigenvalue weighted by Crippen LogP contribution is -2.16. The minimum absolute atomic E-state index is 0.515. The summed E-state index contributed by atoms with van der Waals surface area (Å²) >= 11 is 3.53. The molecule has 1 fully saturated rings. The van der Waals surface area contributed by atoms with Crippen LogP contribution in [0.15, 0.2) is 16.5 Å². The second-order valence-corrected chi connectivity index (χ2v) is 7.33. The van der Waals surface area contributed by atoms with E-state index in [2.05, 4.69) is 33.8 Å². The van der Waals surface area contributed by atoms with Gasteiger partial charge in [-0.2, -0.15) is 0 Å². The van der Waals surface area contributed by atoms with Crippen LogP contribution in [0.5, 0.6) is 0 Å². The maximum Gasteiger partial charge on any atom is 0.239 e. The lowest BCUT2D eigenvalue weighted by molar-refractivity contribution is 0.394. The molecule has 102 valence electrons. The van der Waals surface area contributed by atoms with Crippen molar-refractivity contribution in [2.24, 2.45) is 11.8 Å². The van der Waals surface area contributed by atoms with Crippen LogP contribution in [0.1, 0.15) is 32.6 Å². The molecule has 2 aromatic rings. The first-order chi connectivity index (χ1) is 9.26. The Morgan fingerprint density at radius 1 is 1.42 bits per heavy atom. The fraction of sp³-hybridized carbons (Fsp3) is 0.538. The molecule has 0 radical (unpaired) electrons. The predicted molar refractivity (Wildman–Crippen MR) is 82.5 cm³/mol. The van der Waals surface area contributed by atoms with Crippen molar-refractivity contribution in [1.82, 2.24) is 9.97 Å². The molecular weight excluding hydrogens is 276 g/mol. The molecule has 0 amide bonds. The fourth-order valence-corrected chi connectivity index (χ4v) is 4.91. The average Bonchev–Trinajstić information content (AvgIpc) is 2.87. The summed E-state index contributed by atoms with van der Waals surface area (Å²) in [6.07, 6.45) is 5.27. The van der Waals surface area contributed by atoms with E-state index in [0.717, 1.165) is 21.2 Å². The number of hydrogen-bond donors (Lipinski definition) is 2. The number of hydrogen-bond acceptors (Lipinski definition) is 6. The third-order valence-electron chi connectivity index (χ3n) is 3.59. The van der Waals surface area contributed by atoms with Crippen LogP contribution in [0.25, 0.3) is 10.2 Å². The molecule has 0 aliphatic heterocycles. The molecule has 1 aliphatic carbocycles. The summed E-state index contributed by atoms with van der Waals surface area (Å²) in [4.78, 5) is 9.92.